The van der Waals surface area contributed by atoms with Crippen LogP contribution in [-0.4, -0.2) is 51.0 Å². The fourth-order valence-corrected chi connectivity index (χ4v) is 6.18. The van der Waals surface area contributed by atoms with Gasteiger partial charge in [-0.15, -0.1) is 0 Å². The topological polar surface area (TPSA) is 187 Å². The summed E-state index contributed by atoms with van der Waals surface area (Å²) in [7, 11) is -7.31. The number of rotatable bonds is 6. The maximum atomic E-state index is 13.6. The van der Waals surface area contributed by atoms with Gasteiger partial charge in [-0.2, -0.15) is 21.6 Å². The van der Waals surface area contributed by atoms with Crippen molar-refractivity contribution >= 4 is 55.9 Å². The Labute approximate surface area is 348 Å². The summed E-state index contributed by atoms with van der Waals surface area (Å²) in [5.41, 5.74) is 12.3. The summed E-state index contributed by atoms with van der Waals surface area (Å²) >= 11 is 0. The van der Waals surface area contributed by atoms with Gasteiger partial charge in [-0.25, -0.2) is 28.7 Å². The molecular formula is C43H38BF5N6O5S. The van der Waals surface area contributed by atoms with E-state index in [4.69, 9.17) is 21.5 Å². The van der Waals surface area contributed by atoms with E-state index in [0.29, 0.717) is 22.4 Å². The molecule has 0 saturated heterocycles. The van der Waals surface area contributed by atoms with Crippen molar-refractivity contribution in [2.24, 2.45) is 0 Å². The van der Waals surface area contributed by atoms with E-state index in [1.165, 1.54) is 55.0 Å². The average molecular weight is 857 g/mol. The molecule has 6 N–H and O–H groups in total. The number of nitrogens with two attached hydrogens (primary N) is 2. The molecule has 2 heterocycles. The number of nitrogen functional groups attached to an aromatic ring is 2. The first kappa shape index (κ1) is 46.7. The Morgan fingerprint density at radius 3 is 1.59 bits per heavy atom. The molecule has 0 aliphatic heterocycles. The molecular weight excluding hydrogens is 818 g/mol. The molecule has 61 heavy (non-hydrogen) atoms. The minimum atomic E-state index is -5.88. The lowest BCUT2D eigenvalue weighted by atomic mass is 9.80. The molecule has 2 aromatic heterocycles. The Hall–Kier alpha value is -7.02. The van der Waals surface area contributed by atoms with Crippen molar-refractivity contribution in [2.75, 3.05) is 11.5 Å². The normalized spacial score (nSPS) is 10.9. The molecule has 6 aromatic carbocycles. The zero-order chi connectivity index (χ0) is 42.3. The molecule has 0 fully saturated rings. The first-order valence-electron chi connectivity index (χ1n) is 17.2. The highest BCUT2D eigenvalue weighted by molar-refractivity contribution is 7.88. The Morgan fingerprint density at radius 1 is 0.590 bits per heavy atom. The van der Waals surface area contributed by atoms with E-state index in [-0.39, 0.29) is 37.1 Å². The number of halogens is 5. The van der Waals surface area contributed by atoms with Gasteiger partial charge in [0.1, 0.15) is 29.8 Å². The lowest BCUT2D eigenvalue weighted by Crippen LogP contribution is -2.29. The SMILES string of the molecule is C.C.Nc1cccc(-c2cc(-c3cccc(F)c3)cc3cncnc23)c1.Nc1cccc(B(O)O)c1.O=S(=O)(Oc1cc(-c2cccc(F)c2)cc2cncnc12)C(F)(F)F. The number of aromatic nitrogens is 4. The van der Waals surface area contributed by atoms with Crippen LogP contribution in [0, 0.1) is 11.6 Å². The van der Waals surface area contributed by atoms with E-state index in [0.717, 1.165) is 51.6 Å². The van der Waals surface area contributed by atoms with E-state index >= 15 is 0 Å². The molecule has 0 bridgehead atoms. The highest BCUT2D eigenvalue weighted by Crippen LogP contribution is 2.36. The lowest BCUT2D eigenvalue weighted by molar-refractivity contribution is -0.0499. The number of fused-ring (bicyclic) bond motifs is 2. The molecule has 11 nitrogen and oxygen atoms in total. The van der Waals surface area contributed by atoms with Gasteiger partial charge in [-0.05, 0) is 106 Å². The fraction of sp³-hybridized carbons (Fsp3) is 0.0698. The molecule has 0 atom stereocenters. The minimum absolute atomic E-state index is 0. The predicted molar refractivity (Wildman–Crippen MR) is 229 cm³/mol. The van der Waals surface area contributed by atoms with Crippen LogP contribution in [0.25, 0.3) is 55.2 Å². The van der Waals surface area contributed by atoms with Gasteiger partial charge in [0.15, 0.2) is 5.75 Å². The number of alkyl halides is 3. The van der Waals surface area contributed by atoms with Crippen molar-refractivity contribution < 1.29 is 44.6 Å². The molecule has 0 radical (unpaired) electrons. The third-order valence-corrected chi connectivity index (χ3v) is 9.35. The molecule has 0 aliphatic carbocycles. The van der Waals surface area contributed by atoms with E-state index in [2.05, 4.69) is 24.1 Å². The Morgan fingerprint density at radius 2 is 1.08 bits per heavy atom. The summed E-state index contributed by atoms with van der Waals surface area (Å²) in [6.45, 7) is 0. The summed E-state index contributed by atoms with van der Waals surface area (Å²) in [5, 5.41) is 18.4. The first-order valence-corrected chi connectivity index (χ1v) is 18.6. The third kappa shape index (κ3) is 11.6. The largest absolute Gasteiger partial charge is 0.534 e. The van der Waals surface area contributed by atoms with Gasteiger partial charge in [0.05, 0.1) is 5.52 Å². The number of hydrogen-bond acceptors (Lipinski definition) is 11. The number of anilines is 2. The standard InChI is InChI=1S/C20H14FN3.C15H8F4N2O3S.C6H8BNO2.2CH4/c21-17-5-1-3-13(8-17)15-7-16-11-23-12-24-20(16)19(10-15)14-4-2-6-18(22)9-14;16-12-3-1-2-9(5-12)10-4-11-7-20-8-21-14(11)13(6-10)24-25(22,23)15(17,18)19;8-6-3-1-2-5(4-6)7(9)10;;/h1-12H,22H2;1-8H;1-4,9-10H,8H2;2*1H4. The van der Waals surface area contributed by atoms with Gasteiger partial charge in [-0.1, -0.05) is 63.4 Å². The second-order valence-electron chi connectivity index (χ2n) is 12.6. The van der Waals surface area contributed by atoms with E-state index in [1.807, 2.05) is 42.5 Å². The molecule has 314 valence electrons. The van der Waals surface area contributed by atoms with Gasteiger partial charge in [0.2, 0.25) is 0 Å². The van der Waals surface area contributed by atoms with Crippen molar-refractivity contribution in [3.05, 3.63) is 158 Å². The molecule has 18 heteroatoms. The second-order valence-corrected chi connectivity index (χ2v) is 14.1. The van der Waals surface area contributed by atoms with Crippen molar-refractivity contribution in [1.29, 1.82) is 0 Å². The summed E-state index contributed by atoms with van der Waals surface area (Å²) in [6, 6.07) is 32.4. The predicted octanol–water partition coefficient (Wildman–Crippen LogP) is 8.57. The Kier molecular flexibility index (Phi) is 15.2. The van der Waals surface area contributed by atoms with E-state index in [9.17, 15) is 30.4 Å². The van der Waals surface area contributed by atoms with Crippen LogP contribution in [0.5, 0.6) is 5.75 Å². The number of hydrogen-bond donors (Lipinski definition) is 4. The third-order valence-electron chi connectivity index (χ3n) is 8.38. The molecule has 0 spiro atoms. The van der Waals surface area contributed by atoms with Crippen molar-refractivity contribution in [3.63, 3.8) is 0 Å². The van der Waals surface area contributed by atoms with Crippen LogP contribution in [0.4, 0.5) is 33.3 Å². The Balaban J connectivity index is 0.000000215. The van der Waals surface area contributed by atoms with Crippen molar-refractivity contribution in [3.8, 4) is 39.1 Å². The van der Waals surface area contributed by atoms with Gasteiger partial charge in [0.25, 0.3) is 0 Å². The monoisotopic (exact) mass is 856 g/mol. The van der Waals surface area contributed by atoms with Gasteiger partial charge < -0.3 is 25.7 Å². The molecule has 0 aliphatic rings. The zero-order valence-corrected chi connectivity index (χ0v) is 31.1. The smallest absolute Gasteiger partial charge is 0.423 e. The van der Waals surface area contributed by atoms with E-state index < -0.39 is 34.3 Å². The highest BCUT2D eigenvalue weighted by Gasteiger charge is 2.49. The first-order chi connectivity index (χ1) is 28.1. The van der Waals surface area contributed by atoms with Crippen LogP contribution < -0.4 is 21.1 Å². The summed E-state index contributed by atoms with van der Waals surface area (Å²) in [5.74, 6) is -1.45. The molecule has 8 aromatic rings. The van der Waals surface area contributed by atoms with Crippen LogP contribution in [-0.2, 0) is 10.1 Å². The van der Waals surface area contributed by atoms with Crippen LogP contribution in [0.15, 0.2) is 146 Å². The van der Waals surface area contributed by atoms with Crippen LogP contribution in [0.3, 0.4) is 0 Å². The van der Waals surface area contributed by atoms with Gasteiger partial charge in [-0.3, -0.25) is 0 Å². The Bertz CT molecular complexity index is 2890. The molecule has 0 unspecified atom stereocenters. The number of nitrogens with zero attached hydrogens (tertiary/aromatic N) is 4. The molecule has 0 saturated carbocycles. The maximum Gasteiger partial charge on any atom is 0.534 e. The van der Waals surface area contributed by atoms with Crippen LogP contribution >= 0.6 is 0 Å². The van der Waals surface area contributed by atoms with Crippen LogP contribution in [0.2, 0.25) is 0 Å². The van der Waals surface area contributed by atoms with E-state index in [1.54, 1.807) is 30.5 Å². The fourth-order valence-electron chi connectivity index (χ4n) is 5.72. The number of benzene rings is 6. The highest BCUT2D eigenvalue weighted by atomic mass is 32.2. The van der Waals surface area contributed by atoms with Crippen LogP contribution in [0.1, 0.15) is 14.9 Å². The summed E-state index contributed by atoms with van der Waals surface area (Å²) < 4.78 is 91.7. The van der Waals surface area contributed by atoms with Crippen molar-refractivity contribution in [1.82, 2.24) is 19.9 Å². The minimum Gasteiger partial charge on any atom is -0.423 e. The average Bonchev–Trinajstić information content (AvgIpc) is 3.20. The second kappa shape index (κ2) is 19.8. The van der Waals surface area contributed by atoms with Gasteiger partial charge >= 0.3 is 22.7 Å². The summed E-state index contributed by atoms with van der Waals surface area (Å²) in [6.07, 6.45) is 5.61. The summed E-state index contributed by atoms with van der Waals surface area (Å²) in [4.78, 5) is 16.0. The van der Waals surface area contributed by atoms with Gasteiger partial charge in [0, 0.05) is 40.1 Å². The zero-order valence-electron chi connectivity index (χ0n) is 30.3. The lowest BCUT2D eigenvalue weighted by Gasteiger charge is -2.12. The quantitative estimate of drug-likeness (QED) is 0.0413. The van der Waals surface area contributed by atoms with Crippen molar-refractivity contribution in [2.45, 2.75) is 20.4 Å². The molecule has 0 amide bonds. The maximum absolute atomic E-state index is 13.6. The molecule has 8 rings (SSSR count).